The average Bonchev–Trinajstić information content (AvgIpc) is 2.59. The maximum atomic E-state index is 13.2. The first-order valence-corrected chi connectivity index (χ1v) is 7.68. The molecule has 3 N–H and O–H groups in total. The number of carboxylic acid groups (broad SMARTS) is 1. The van der Waals surface area contributed by atoms with Gasteiger partial charge in [-0.05, 0) is 47.7 Å². The van der Waals surface area contributed by atoms with Crippen molar-refractivity contribution in [2.45, 2.75) is 13.0 Å². The van der Waals surface area contributed by atoms with E-state index >= 15 is 0 Å². The average molecular weight is 353 g/mol. The highest BCUT2D eigenvalue weighted by Gasteiger charge is 2.14. The molecule has 0 amide bonds. The molecule has 0 saturated carbocycles. The molecule has 2 aromatic carbocycles. The van der Waals surface area contributed by atoms with E-state index < -0.39 is 23.4 Å². The first kappa shape index (κ1) is 19.0. The second kappa shape index (κ2) is 8.64. The van der Waals surface area contributed by atoms with Gasteiger partial charge in [0.1, 0.15) is 0 Å². The highest BCUT2D eigenvalue weighted by Crippen LogP contribution is 2.16. The van der Waals surface area contributed by atoms with Crippen molar-refractivity contribution in [2.75, 3.05) is 13.2 Å². The molecule has 25 heavy (non-hydrogen) atoms. The smallest absolute Gasteiger partial charge is 0.335 e. The minimum absolute atomic E-state index is 0.173. The number of aromatic carboxylic acids is 1. The van der Waals surface area contributed by atoms with Crippen LogP contribution in [-0.4, -0.2) is 29.3 Å². The van der Waals surface area contributed by atoms with Gasteiger partial charge in [0.25, 0.3) is 0 Å². The van der Waals surface area contributed by atoms with Crippen LogP contribution in [0.5, 0.6) is 0 Å². The Balaban J connectivity index is 1.92. The van der Waals surface area contributed by atoms with Gasteiger partial charge in [-0.2, -0.15) is 0 Å². The van der Waals surface area contributed by atoms with E-state index in [0.29, 0.717) is 13.1 Å². The lowest BCUT2D eigenvalue weighted by Gasteiger charge is -2.16. The Labute approximate surface area is 142 Å². The van der Waals surface area contributed by atoms with Crippen LogP contribution in [-0.2, 0) is 13.0 Å². The normalized spacial score (nSPS) is 12.2. The molecule has 0 aliphatic carbocycles. The fraction of sp³-hybridized carbons (Fsp3) is 0.278. The number of hydrogen-bond donors (Lipinski definition) is 3. The van der Waals surface area contributed by atoms with E-state index in [1.165, 1.54) is 12.1 Å². The zero-order chi connectivity index (χ0) is 18.4. The van der Waals surface area contributed by atoms with Crippen molar-refractivity contribution in [1.82, 2.24) is 5.32 Å². The summed E-state index contributed by atoms with van der Waals surface area (Å²) in [6.45, 7) is 0.501. The third-order valence-corrected chi connectivity index (χ3v) is 3.76. The second-order valence-corrected chi connectivity index (χ2v) is 5.76. The molecule has 2 rings (SSSR count). The van der Waals surface area contributed by atoms with Crippen LogP contribution in [0.2, 0.25) is 0 Å². The van der Waals surface area contributed by atoms with Crippen molar-refractivity contribution in [3.05, 3.63) is 70.5 Å². The summed E-state index contributed by atoms with van der Waals surface area (Å²) in [5.74, 6) is -5.38. The number of carbonyl (C=O) groups is 1. The molecule has 7 heteroatoms. The molecule has 0 saturated heterocycles. The highest BCUT2D eigenvalue weighted by molar-refractivity contribution is 5.87. The van der Waals surface area contributed by atoms with Crippen LogP contribution in [0.15, 0.2) is 36.4 Å². The van der Waals surface area contributed by atoms with Crippen molar-refractivity contribution in [2.24, 2.45) is 5.92 Å². The van der Waals surface area contributed by atoms with Gasteiger partial charge in [0.15, 0.2) is 17.5 Å². The molecular weight excluding hydrogens is 335 g/mol. The van der Waals surface area contributed by atoms with Crippen LogP contribution >= 0.6 is 0 Å². The van der Waals surface area contributed by atoms with Crippen LogP contribution in [0.1, 0.15) is 21.5 Å². The molecule has 0 aliphatic rings. The van der Waals surface area contributed by atoms with Gasteiger partial charge in [-0.15, -0.1) is 0 Å². The van der Waals surface area contributed by atoms with E-state index in [9.17, 15) is 23.1 Å². The van der Waals surface area contributed by atoms with E-state index in [0.717, 1.165) is 17.7 Å². The predicted octanol–water partition coefficient (Wildman–Crippen LogP) is 2.74. The topological polar surface area (TPSA) is 69.6 Å². The summed E-state index contributed by atoms with van der Waals surface area (Å²) in [5, 5.41) is 21.4. The van der Waals surface area contributed by atoms with Gasteiger partial charge in [-0.3, -0.25) is 0 Å². The number of rotatable bonds is 8. The number of aliphatic hydroxyl groups is 1. The van der Waals surface area contributed by atoms with Gasteiger partial charge in [0.2, 0.25) is 0 Å². The molecule has 1 atom stereocenters. The van der Waals surface area contributed by atoms with Crippen LogP contribution in [0.3, 0.4) is 0 Å². The van der Waals surface area contributed by atoms with Crippen molar-refractivity contribution in [3.63, 3.8) is 0 Å². The zero-order valence-electron chi connectivity index (χ0n) is 13.3. The monoisotopic (exact) mass is 353 g/mol. The third-order valence-electron chi connectivity index (χ3n) is 3.76. The second-order valence-electron chi connectivity index (χ2n) is 5.76. The fourth-order valence-electron chi connectivity index (χ4n) is 2.50. The standard InChI is InChI=1S/C18H18F3NO3/c19-15-6-12(7-16(20)17(15)21)4-13(10-23)9-22-8-11-2-1-3-14(5-11)18(24)25/h1-3,5-7,13,22-23H,4,8-10H2,(H,24,25). The Hall–Kier alpha value is -2.38. The van der Waals surface area contributed by atoms with Crippen LogP contribution in [0.4, 0.5) is 13.2 Å². The minimum Gasteiger partial charge on any atom is -0.478 e. The van der Waals surface area contributed by atoms with Gasteiger partial charge in [0.05, 0.1) is 5.56 Å². The molecule has 0 aliphatic heterocycles. The van der Waals surface area contributed by atoms with Crippen molar-refractivity contribution in [1.29, 1.82) is 0 Å². The summed E-state index contributed by atoms with van der Waals surface area (Å²) < 4.78 is 39.4. The first-order valence-electron chi connectivity index (χ1n) is 7.68. The SMILES string of the molecule is O=C(O)c1cccc(CNCC(CO)Cc2cc(F)c(F)c(F)c2)c1. The lowest BCUT2D eigenvalue weighted by atomic mass is 9.99. The number of nitrogens with one attached hydrogen (secondary N) is 1. The van der Waals surface area contributed by atoms with Gasteiger partial charge < -0.3 is 15.5 Å². The summed E-state index contributed by atoms with van der Waals surface area (Å²) >= 11 is 0. The summed E-state index contributed by atoms with van der Waals surface area (Å²) in [7, 11) is 0. The molecule has 1 unspecified atom stereocenters. The van der Waals surface area contributed by atoms with E-state index in [1.807, 2.05) is 0 Å². The first-order chi connectivity index (χ1) is 11.9. The maximum absolute atomic E-state index is 13.2. The van der Waals surface area contributed by atoms with Gasteiger partial charge >= 0.3 is 5.97 Å². The van der Waals surface area contributed by atoms with E-state index in [-0.39, 0.29) is 30.1 Å². The number of hydrogen-bond acceptors (Lipinski definition) is 3. The van der Waals surface area contributed by atoms with Gasteiger partial charge in [0, 0.05) is 19.7 Å². The predicted molar refractivity (Wildman–Crippen MR) is 85.7 cm³/mol. The largest absolute Gasteiger partial charge is 0.478 e. The fourth-order valence-corrected chi connectivity index (χ4v) is 2.50. The van der Waals surface area contributed by atoms with E-state index in [1.54, 1.807) is 12.1 Å². The molecule has 0 aromatic heterocycles. The number of carboxylic acids is 1. The van der Waals surface area contributed by atoms with Gasteiger partial charge in [-0.25, -0.2) is 18.0 Å². The zero-order valence-corrected chi connectivity index (χ0v) is 13.3. The number of halogens is 3. The Morgan fingerprint density at radius 3 is 2.36 bits per heavy atom. The molecular formula is C18H18F3NO3. The summed E-state index contributed by atoms with van der Waals surface area (Å²) in [4.78, 5) is 10.9. The summed E-state index contributed by atoms with van der Waals surface area (Å²) in [5.41, 5.74) is 1.19. The Bertz CT molecular complexity index is 729. The maximum Gasteiger partial charge on any atom is 0.335 e. The summed E-state index contributed by atoms with van der Waals surface area (Å²) in [6.07, 6.45) is 0.173. The Morgan fingerprint density at radius 2 is 1.76 bits per heavy atom. The molecule has 4 nitrogen and oxygen atoms in total. The van der Waals surface area contributed by atoms with E-state index in [4.69, 9.17) is 5.11 Å². The lowest BCUT2D eigenvalue weighted by Crippen LogP contribution is -2.26. The van der Waals surface area contributed by atoms with Crippen LogP contribution < -0.4 is 5.32 Å². The Kier molecular flexibility index (Phi) is 6.55. The third kappa shape index (κ3) is 5.30. The Morgan fingerprint density at radius 1 is 1.08 bits per heavy atom. The molecule has 2 aromatic rings. The number of benzene rings is 2. The molecule has 0 fully saturated rings. The molecule has 134 valence electrons. The quantitative estimate of drug-likeness (QED) is 0.639. The summed E-state index contributed by atoms with van der Waals surface area (Å²) in [6, 6.07) is 8.25. The van der Waals surface area contributed by atoms with Gasteiger partial charge in [-0.1, -0.05) is 12.1 Å². The minimum atomic E-state index is -1.51. The van der Waals surface area contributed by atoms with Crippen LogP contribution in [0.25, 0.3) is 0 Å². The molecule has 0 bridgehead atoms. The van der Waals surface area contributed by atoms with E-state index in [2.05, 4.69) is 5.32 Å². The lowest BCUT2D eigenvalue weighted by molar-refractivity contribution is 0.0696. The van der Waals surface area contributed by atoms with Crippen LogP contribution in [0, 0.1) is 23.4 Å². The number of aliphatic hydroxyl groups excluding tert-OH is 1. The molecule has 0 radical (unpaired) electrons. The van der Waals surface area contributed by atoms with Crippen molar-refractivity contribution < 1.29 is 28.2 Å². The molecule has 0 spiro atoms. The molecule has 0 heterocycles. The van der Waals surface area contributed by atoms with Crippen molar-refractivity contribution >= 4 is 5.97 Å². The highest BCUT2D eigenvalue weighted by atomic mass is 19.2. The van der Waals surface area contributed by atoms with Crippen molar-refractivity contribution in [3.8, 4) is 0 Å².